The highest BCUT2D eigenvalue weighted by atomic mass is 16.2. The summed E-state index contributed by atoms with van der Waals surface area (Å²) in [7, 11) is 0. The molecule has 17 heavy (non-hydrogen) atoms. The molecular weight excluding hydrogens is 214 g/mol. The van der Waals surface area contributed by atoms with Crippen molar-refractivity contribution in [3.8, 4) is 0 Å². The molecule has 1 aromatic rings. The van der Waals surface area contributed by atoms with E-state index in [1.54, 1.807) is 0 Å². The third kappa shape index (κ3) is 1.66. The van der Waals surface area contributed by atoms with E-state index in [4.69, 9.17) is 0 Å². The number of carbonyl (C=O) groups excluding carboxylic acids is 2. The summed E-state index contributed by atoms with van der Waals surface area (Å²) in [5.41, 5.74) is 1.87. The van der Waals surface area contributed by atoms with E-state index in [2.05, 4.69) is 5.32 Å². The molecule has 3 nitrogen and oxygen atoms in total. The zero-order valence-electron chi connectivity index (χ0n) is 9.61. The normalized spacial score (nSPS) is 27.8. The number of hydrogen-bond donors (Lipinski definition) is 1. The van der Waals surface area contributed by atoms with Crippen LogP contribution in [0.3, 0.4) is 0 Å². The predicted octanol–water partition coefficient (Wildman–Crippen LogP) is 2.48. The molecule has 1 N–H and O–H groups in total. The van der Waals surface area contributed by atoms with Crippen molar-refractivity contribution in [2.24, 2.45) is 5.92 Å². The molecule has 1 amide bonds. The van der Waals surface area contributed by atoms with Crippen LogP contribution >= 0.6 is 0 Å². The summed E-state index contributed by atoms with van der Waals surface area (Å²) in [5.74, 6) is -0.106. The van der Waals surface area contributed by atoms with Crippen LogP contribution in [0.1, 0.15) is 37.2 Å². The first kappa shape index (κ1) is 10.5. The first-order chi connectivity index (χ1) is 8.27. The number of fused-ring (bicyclic) bond motifs is 1. The van der Waals surface area contributed by atoms with Crippen molar-refractivity contribution in [3.05, 3.63) is 29.8 Å². The largest absolute Gasteiger partial charge is 0.325 e. The van der Waals surface area contributed by atoms with Gasteiger partial charge in [-0.05, 0) is 24.5 Å². The first-order valence-corrected chi connectivity index (χ1v) is 6.20. The Bertz CT molecular complexity index is 481. The average Bonchev–Trinajstić information content (AvgIpc) is 2.66. The smallest absolute Gasteiger partial charge is 0.232 e. The number of ketones is 1. The molecule has 0 saturated heterocycles. The summed E-state index contributed by atoms with van der Waals surface area (Å²) in [5, 5.41) is 2.87. The standard InChI is InChI=1S/C14H15NO2/c16-12-8-4-2-6-10(12)13-9-5-1-3-7-11(9)15-14(13)17/h1,3,5,7,10,13H,2,4,6,8H2,(H,15,17)/t10-,13-/m1/s1. The monoisotopic (exact) mass is 229 g/mol. The van der Waals surface area contributed by atoms with Gasteiger partial charge < -0.3 is 5.32 Å². The molecule has 1 fully saturated rings. The van der Waals surface area contributed by atoms with Crippen LogP contribution in [0.4, 0.5) is 5.69 Å². The number of Topliss-reactive ketones (excluding diaryl/α,β-unsaturated/α-hetero) is 1. The van der Waals surface area contributed by atoms with Crippen molar-refractivity contribution < 1.29 is 9.59 Å². The maximum Gasteiger partial charge on any atom is 0.232 e. The summed E-state index contributed by atoms with van der Waals surface area (Å²) >= 11 is 0. The van der Waals surface area contributed by atoms with Gasteiger partial charge in [-0.3, -0.25) is 9.59 Å². The van der Waals surface area contributed by atoms with E-state index in [9.17, 15) is 9.59 Å². The van der Waals surface area contributed by atoms with E-state index in [1.807, 2.05) is 24.3 Å². The summed E-state index contributed by atoms with van der Waals surface area (Å²) in [6.45, 7) is 0. The maximum absolute atomic E-state index is 12.0. The summed E-state index contributed by atoms with van der Waals surface area (Å²) < 4.78 is 0. The fourth-order valence-electron chi connectivity index (χ4n) is 3.00. The second-order valence-corrected chi connectivity index (χ2v) is 4.87. The summed E-state index contributed by atoms with van der Waals surface area (Å²) in [4.78, 5) is 24.0. The Morgan fingerprint density at radius 1 is 1.12 bits per heavy atom. The van der Waals surface area contributed by atoms with Crippen LogP contribution in [0.2, 0.25) is 0 Å². The third-order valence-electron chi connectivity index (χ3n) is 3.84. The van der Waals surface area contributed by atoms with Crippen LogP contribution in [0, 0.1) is 5.92 Å². The van der Waals surface area contributed by atoms with Crippen LogP contribution in [0.15, 0.2) is 24.3 Å². The SMILES string of the molecule is O=C1CCCC[C@H]1[C@@H]1C(=O)Nc2ccccc21. The van der Waals surface area contributed by atoms with Gasteiger partial charge in [0, 0.05) is 18.0 Å². The van der Waals surface area contributed by atoms with E-state index in [0.29, 0.717) is 6.42 Å². The lowest BCUT2D eigenvalue weighted by molar-refractivity contribution is -0.129. The lowest BCUT2D eigenvalue weighted by Crippen LogP contribution is -2.29. The van der Waals surface area contributed by atoms with Gasteiger partial charge in [0.2, 0.25) is 5.91 Å². The highest BCUT2D eigenvalue weighted by molar-refractivity contribution is 6.05. The molecule has 1 saturated carbocycles. The second kappa shape index (κ2) is 3.99. The fraction of sp³-hybridized carbons (Fsp3) is 0.429. The Hall–Kier alpha value is -1.64. The molecule has 1 aliphatic heterocycles. The number of nitrogens with one attached hydrogen (secondary N) is 1. The van der Waals surface area contributed by atoms with Gasteiger partial charge in [-0.15, -0.1) is 0 Å². The van der Waals surface area contributed by atoms with Gasteiger partial charge in [-0.25, -0.2) is 0 Å². The zero-order chi connectivity index (χ0) is 11.8. The van der Waals surface area contributed by atoms with Crippen molar-refractivity contribution >= 4 is 17.4 Å². The van der Waals surface area contributed by atoms with Crippen LogP contribution in [0.25, 0.3) is 0 Å². The summed E-state index contributed by atoms with van der Waals surface area (Å²) in [6.07, 6.45) is 3.52. The van der Waals surface area contributed by atoms with Crippen molar-refractivity contribution in [1.29, 1.82) is 0 Å². The molecule has 3 heteroatoms. The van der Waals surface area contributed by atoms with Gasteiger partial charge in [0.15, 0.2) is 0 Å². The number of amides is 1. The number of benzene rings is 1. The van der Waals surface area contributed by atoms with Crippen molar-refractivity contribution in [2.75, 3.05) is 5.32 Å². The highest BCUT2D eigenvalue weighted by Gasteiger charge is 2.40. The maximum atomic E-state index is 12.0. The quantitative estimate of drug-likeness (QED) is 0.804. The number of carbonyl (C=O) groups is 2. The van der Waals surface area contributed by atoms with Gasteiger partial charge in [0.1, 0.15) is 5.78 Å². The highest BCUT2D eigenvalue weighted by Crippen LogP contribution is 2.41. The Labute approximate surface area is 100 Å². The molecule has 0 bridgehead atoms. The van der Waals surface area contributed by atoms with Crippen LogP contribution in [0.5, 0.6) is 0 Å². The van der Waals surface area contributed by atoms with E-state index in [1.165, 1.54) is 0 Å². The lowest BCUT2D eigenvalue weighted by atomic mass is 9.76. The molecule has 2 aliphatic rings. The number of anilines is 1. The van der Waals surface area contributed by atoms with E-state index >= 15 is 0 Å². The minimum absolute atomic E-state index is 0.00792. The number of hydrogen-bond acceptors (Lipinski definition) is 2. The first-order valence-electron chi connectivity index (χ1n) is 6.20. The van der Waals surface area contributed by atoms with Crippen LogP contribution < -0.4 is 5.32 Å². The molecule has 3 rings (SSSR count). The lowest BCUT2D eigenvalue weighted by Gasteiger charge is -2.24. The third-order valence-corrected chi connectivity index (χ3v) is 3.84. The molecular formula is C14H15NO2. The number of para-hydroxylation sites is 1. The van der Waals surface area contributed by atoms with Crippen molar-refractivity contribution in [2.45, 2.75) is 31.6 Å². The molecule has 0 unspecified atom stereocenters. The minimum Gasteiger partial charge on any atom is -0.325 e. The van der Waals surface area contributed by atoms with Crippen molar-refractivity contribution in [1.82, 2.24) is 0 Å². The van der Waals surface area contributed by atoms with Gasteiger partial charge >= 0.3 is 0 Å². The molecule has 0 radical (unpaired) electrons. The van der Waals surface area contributed by atoms with Crippen LogP contribution in [-0.2, 0) is 9.59 Å². The van der Waals surface area contributed by atoms with Crippen LogP contribution in [-0.4, -0.2) is 11.7 Å². The predicted molar refractivity (Wildman–Crippen MR) is 64.8 cm³/mol. The number of rotatable bonds is 1. The Balaban J connectivity index is 1.97. The minimum atomic E-state index is -0.251. The Morgan fingerprint density at radius 2 is 1.94 bits per heavy atom. The molecule has 1 aromatic carbocycles. The second-order valence-electron chi connectivity index (χ2n) is 4.87. The van der Waals surface area contributed by atoms with Gasteiger partial charge in [0.05, 0.1) is 5.92 Å². The molecule has 1 heterocycles. The van der Waals surface area contributed by atoms with E-state index in [0.717, 1.165) is 30.5 Å². The van der Waals surface area contributed by atoms with E-state index < -0.39 is 0 Å². The average molecular weight is 229 g/mol. The molecule has 0 spiro atoms. The molecule has 2 atom stereocenters. The molecule has 88 valence electrons. The topological polar surface area (TPSA) is 46.2 Å². The van der Waals surface area contributed by atoms with E-state index in [-0.39, 0.29) is 23.5 Å². The van der Waals surface area contributed by atoms with Gasteiger partial charge in [-0.2, -0.15) is 0 Å². The van der Waals surface area contributed by atoms with Crippen molar-refractivity contribution in [3.63, 3.8) is 0 Å². The molecule has 0 aromatic heterocycles. The molecule has 1 aliphatic carbocycles. The Morgan fingerprint density at radius 3 is 2.76 bits per heavy atom. The Kier molecular flexibility index (Phi) is 2.46. The fourth-order valence-corrected chi connectivity index (χ4v) is 3.00. The van der Waals surface area contributed by atoms with Gasteiger partial charge in [0.25, 0.3) is 0 Å². The zero-order valence-corrected chi connectivity index (χ0v) is 9.61. The van der Waals surface area contributed by atoms with Gasteiger partial charge in [-0.1, -0.05) is 24.6 Å². The summed E-state index contributed by atoms with van der Waals surface area (Å²) in [6, 6.07) is 7.70.